The van der Waals surface area contributed by atoms with E-state index < -0.39 is 0 Å². The number of nitrogens with one attached hydrogen (secondary N) is 1. The van der Waals surface area contributed by atoms with E-state index in [4.69, 9.17) is 10.2 Å². The van der Waals surface area contributed by atoms with Gasteiger partial charge in [0.05, 0.1) is 18.2 Å². The molecular formula is C15H16N2O2S. The molecule has 20 heavy (non-hydrogen) atoms. The first kappa shape index (κ1) is 13.3. The number of thioether (sulfide) groups is 1. The van der Waals surface area contributed by atoms with Gasteiger partial charge in [-0.3, -0.25) is 4.79 Å². The van der Waals surface area contributed by atoms with Crippen LogP contribution in [0.5, 0.6) is 0 Å². The van der Waals surface area contributed by atoms with Crippen LogP contribution in [0.15, 0.2) is 45.9 Å². The molecule has 0 spiro atoms. The van der Waals surface area contributed by atoms with Crippen molar-refractivity contribution in [2.24, 2.45) is 5.73 Å². The summed E-state index contributed by atoms with van der Waals surface area (Å²) in [6, 6.07) is 9.97. The van der Waals surface area contributed by atoms with Crippen LogP contribution in [0.4, 0.5) is 0 Å². The molecule has 1 aromatic heterocycles. The highest BCUT2D eigenvalue weighted by Crippen LogP contribution is 2.35. The number of amides is 1. The first-order valence-corrected chi connectivity index (χ1v) is 7.56. The van der Waals surface area contributed by atoms with Crippen LogP contribution in [0, 0.1) is 0 Å². The summed E-state index contributed by atoms with van der Waals surface area (Å²) in [4.78, 5) is 13.5. The van der Waals surface area contributed by atoms with Gasteiger partial charge in [-0.05, 0) is 24.1 Å². The van der Waals surface area contributed by atoms with Crippen LogP contribution in [-0.2, 0) is 6.54 Å². The Morgan fingerprint density at radius 3 is 3.10 bits per heavy atom. The van der Waals surface area contributed by atoms with E-state index in [1.807, 2.05) is 23.9 Å². The molecule has 2 aromatic rings. The van der Waals surface area contributed by atoms with Crippen LogP contribution < -0.4 is 11.1 Å². The van der Waals surface area contributed by atoms with Crippen molar-refractivity contribution in [2.75, 3.05) is 5.75 Å². The van der Waals surface area contributed by atoms with Crippen LogP contribution in [-0.4, -0.2) is 11.7 Å². The largest absolute Gasteiger partial charge is 0.467 e. The minimum Gasteiger partial charge on any atom is -0.467 e. The normalized spacial score (nSPS) is 17.6. The lowest BCUT2D eigenvalue weighted by Crippen LogP contribution is -2.30. The van der Waals surface area contributed by atoms with Crippen molar-refractivity contribution in [3.8, 4) is 0 Å². The number of hydrogen-bond donors (Lipinski definition) is 2. The number of benzene rings is 1. The maximum absolute atomic E-state index is 12.2. The molecule has 1 atom stereocenters. The minimum absolute atomic E-state index is 0.0659. The summed E-state index contributed by atoms with van der Waals surface area (Å²) in [6.45, 7) is 0.302. The van der Waals surface area contributed by atoms with Crippen molar-refractivity contribution >= 4 is 17.7 Å². The Morgan fingerprint density at radius 2 is 2.30 bits per heavy atom. The van der Waals surface area contributed by atoms with Crippen LogP contribution in [0.3, 0.4) is 0 Å². The maximum atomic E-state index is 12.2. The van der Waals surface area contributed by atoms with Gasteiger partial charge in [-0.2, -0.15) is 0 Å². The zero-order valence-corrected chi connectivity index (χ0v) is 11.8. The fourth-order valence-electron chi connectivity index (χ4n) is 2.34. The Morgan fingerprint density at radius 1 is 1.45 bits per heavy atom. The third-order valence-electron chi connectivity index (χ3n) is 3.38. The Hall–Kier alpha value is -1.72. The molecule has 2 heterocycles. The molecule has 1 aromatic carbocycles. The standard InChI is InChI=1S/C15H16N2O2S/c16-8-11-7-10(9-19-11)15(18)17-13-5-6-20-14-4-2-1-3-12(13)14/h1-4,7,9,13H,5-6,8,16H2,(H,17,18). The van der Waals surface area contributed by atoms with Crippen molar-refractivity contribution < 1.29 is 9.21 Å². The molecule has 104 valence electrons. The zero-order valence-electron chi connectivity index (χ0n) is 11.0. The SMILES string of the molecule is NCc1cc(C(=O)NC2CCSc3ccccc32)co1. The monoisotopic (exact) mass is 288 g/mol. The summed E-state index contributed by atoms with van der Waals surface area (Å²) in [5, 5.41) is 3.08. The van der Waals surface area contributed by atoms with Gasteiger partial charge in [-0.1, -0.05) is 18.2 Å². The van der Waals surface area contributed by atoms with Gasteiger partial charge in [-0.25, -0.2) is 0 Å². The molecule has 3 rings (SSSR count). The Bertz CT molecular complexity index is 624. The molecule has 5 heteroatoms. The summed E-state index contributed by atoms with van der Waals surface area (Å²) in [5.41, 5.74) is 7.21. The van der Waals surface area contributed by atoms with E-state index in [9.17, 15) is 4.79 Å². The molecule has 0 saturated carbocycles. The predicted molar refractivity (Wildman–Crippen MR) is 78.6 cm³/mol. The minimum atomic E-state index is -0.111. The smallest absolute Gasteiger partial charge is 0.255 e. The molecule has 1 aliphatic heterocycles. The molecule has 3 N–H and O–H groups in total. The second-order valence-corrected chi connectivity index (χ2v) is 5.84. The topological polar surface area (TPSA) is 68.3 Å². The predicted octanol–water partition coefficient (Wildman–Crippen LogP) is 2.71. The van der Waals surface area contributed by atoms with E-state index in [1.165, 1.54) is 16.7 Å². The van der Waals surface area contributed by atoms with E-state index in [0.29, 0.717) is 17.9 Å². The lowest BCUT2D eigenvalue weighted by molar-refractivity contribution is 0.0934. The first-order chi connectivity index (χ1) is 9.78. The van der Waals surface area contributed by atoms with E-state index in [0.717, 1.165) is 12.2 Å². The van der Waals surface area contributed by atoms with E-state index in [1.54, 1.807) is 6.07 Å². The number of rotatable bonds is 3. The number of nitrogens with two attached hydrogens (primary N) is 1. The van der Waals surface area contributed by atoms with Crippen LogP contribution >= 0.6 is 11.8 Å². The average molecular weight is 288 g/mol. The first-order valence-electron chi connectivity index (χ1n) is 6.58. The van der Waals surface area contributed by atoms with E-state index >= 15 is 0 Å². The van der Waals surface area contributed by atoms with Gasteiger partial charge in [-0.15, -0.1) is 11.8 Å². The van der Waals surface area contributed by atoms with Crippen LogP contribution in [0.2, 0.25) is 0 Å². The van der Waals surface area contributed by atoms with Gasteiger partial charge in [0.2, 0.25) is 0 Å². The maximum Gasteiger partial charge on any atom is 0.255 e. The van der Waals surface area contributed by atoms with Crippen molar-refractivity contribution in [1.82, 2.24) is 5.32 Å². The highest BCUT2D eigenvalue weighted by molar-refractivity contribution is 7.99. The lowest BCUT2D eigenvalue weighted by atomic mass is 10.0. The molecule has 4 nitrogen and oxygen atoms in total. The number of carbonyl (C=O) groups excluding carboxylic acids is 1. The molecule has 0 aliphatic carbocycles. The molecule has 1 amide bonds. The molecule has 0 radical (unpaired) electrons. The van der Waals surface area contributed by atoms with Gasteiger partial charge >= 0.3 is 0 Å². The Kier molecular flexibility index (Phi) is 3.80. The molecule has 1 unspecified atom stereocenters. The summed E-state index contributed by atoms with van der Waals surface area (Å²) in [7, 11) is 0. The van der Waals surface area contributed by atoms with Gasteiger partial charge in [0.25, 0.3) is 5.91 Å². The second-order valence-electron chi connectivity index (χ2n) is 4.71. The molecule has 1 aliphatic rings. The number of furan rings is 1. The number of carbonyl (C=O) groups is 1. The molecule has 0 fully saturated rings. The lowest BCUT2D eigenvalue weighted by Gasteiger charge is -2.25. The fourth-order valence-corrected chi connectivity index (χ4v) is 3.47. The van der Waals surface area contributed by atoms with E-state index in [2.05, 4.69) is 17.4 Å². The van der Waals surface area contributed by atoms with Gasteiger partial charge in [0.15, 0.2) is 0 Å². The Balaban J connectivity index is 1.77. The summed E-state index contributed by atoms with van der Waals surface area (Å²) >= 11 is 1.84. The Labute approximate surface area is 121 Å². The second kappa shape index (κ2) is 5.73. The number of fused-ring (bicyclic) bond motifs is 1. The fraction of sp³-hybridized carbons (Fsp3) is 0.267. The third-order valence-corrected chi connectivity index (χ3v) is 4.50. The van der Waals surface area contributed by atoms with E-state index in [-0.39, 0.29) is 11.9 Å². The highest BCUT2D eigenvalue weighted by Gasteiger charge is 2.22. The van der Waals surface area contributed by atoms with Crippen molar-refractivity contribution in [2.45, 2.75) is 23.9 Å². The van der Waals surface area contributed by atoms with Crippen molar-refractivity contribution in [1.29, 1.82) is 0 Å². The molecular weight excluding hydrogens is 272 g/mol. The van der Waals surface area contributed by atoms with Gasteiger partial charge < -0.3 is 15.5 Å². The van der Waals surface area contributed by atoms with Crippen LogP contribution in [0.1, 0.15) is 34.1 Å². The van der Waals surface area contributed by atoms with Crippen LogP contribution in [0.25, 0.3) is 0 Å². The summed E-state index contributed by atoms with van der Waals surface area (Å²) in [5.74, 6) is 1.52. The highest BCUT2D eigenvalue weighted by atomic mass is 32.2. The zero-order chi connectivity index (χ0) is 13.9. The van der Waals surface area contributed by atoms with Crippen molar-refractivity contribution in [3.63, 3.8) is 0 Å². The summed E-state index contributed by atoms with van der Waals surface area (Å²) < 4.78 is 5.20. The van der Waals surface area contributed by atoms with Gasteiger partial charge in [0.1, 0.15) is 12.0 Å². The molecule has 0 bridgehead atoms. The van der Waals surface area contributed by atoms with Gasteiger partial charge in [0, 0.05) is 10.6 Å². The molecule has 0 saturated heterocycles. The van der Waals surface area contributed by atoms with Crippen molar-refractivity contribution in [3.05, 3.63) is 53.5 Å². The quantitative estimate of drug-likeness (QED) is 0.911. The summed E-state index contributed by atoms with van der Waals surface area (Å²) in [6.07, 6.45) is 2.40. The third kappa shape index (κ3) is 2.59. The average Bonchev–Trinajstić information content (AvgIpc) is 2.97. The number of hydrogen-bond acceptors (Lipinski definition) is 4.